The molecule has 1 fully saturated rings. The molecule has 0 atom stereocenters. The second kappa shape index (κ2) is 15.7. The molecule has 1 saturated carbocycles. The van der Waals surface area contributed by atoms with Crippen LogP contribution >= 0.6 is 0 Å². The van der Waals surface area contributed by atoms with Gasteiger partial charge in [0.15, 0.2) is 0 Å². The predicted octanol–water partition coefficient (Wildman–Crippen LogP) is 7.55. The lowest BCUT2D eigenvalue weighted by Crippen LogP contribution is -2.18. The Balaban J connectivity index is 1.72. The van der Waals surface area contributed by atoms with Crippen molar-refractivity contribution in [1.82, 2.24) is 0 Å². The maximum Gasteiger partial charge on any atom is 0.240 e. The number of isocyanates is 2. The first-order chi connectivity index (χ1) is 15.3. The highest BCUT2D eigenvalue weighted by atomic mass is 16.1. The summed E-state index contributed by atoms with van der Waals surface area (Å²) >= 11 is 0. The number of hydrogen-bond donors (Lipinski definition) is 0. The Morgan fingerprint density at radius 2 is 1.48 bits per heavy atom. The molecule has 170 valence electrons. The predicted molar refractivity (Wildman–Crippen MR) is 127 cm³/mol. The molecule has 0 heterocycles. The summed E-state index contributed by atoms with van der Waals surface area (Å²) < 4.78 is 0. The van der Waals surface area contributed by atoms with Gasteiger partial charge >= 0.3 is 0 Å². The van der Waals surface area contributed by atoms with Gasteiger partial charge in [-0.05, 0) is 68.1 Å². The summed E-state index contributed by atoms with van der Waals surface area (Å²) in [6, 6.07) is 6.59. The average Bonchev–Trinajstić information content (AvgIpc) is 2.78. The highest BCUT2D eigenvalue weighted by molar-refractivity contribution is 5.55. The normalized spacial score (nSPS) is 18.2. The quantitative estimate of drug-likeness (QED) is 0.166. The lowest BCUT2D eigenvalue weighted by molar-refractivity contribution is 0.325. The van der Waals surface area contributed by atoms with Crippen LogP contribution in [0.3, 0.4) is 0 Å². The fourth-order valence-corrected chi connectivity index (χ4v) is 4.79. The summed E-state index contributed by atoms with van der Waals surface area (Å²) in [6.07, 6.45) is 22.8. The topological polar surface area (TPSA) is 58.9 Å². The number of rotatable bonds is 15. The first-order valence-corrected chi connectivity index (χ1v) is 12.5. The van der Waals surface area contributed by atoms with Gasteiger partial charge in [0.05, 0.1) is 11.7 Å². The van der Waals surface area contributed by atoms with Gasteiger partial charge in [0.1, 0.15) is 0 Å². The lowest BCUT2D eigenvalue weighted by Gasteiger charge is -2.25. The smallest absolute Gasteiger partial charge is 0.211 e. The van der Waals surface area contributed by atoms with E-state index in [0.29, 0.717) is 5.92 Å². The van der Waals surface area contributed by atoms with Crippen molar-refractivity contribution in [2.45, 2.75) is 116 Å². The molecule has 1 aromatic rings. The molecule has 0 unspecified atom stereocenters. The molecule has 0 spiro atoms. The van der Waals surface area contributed by atoms with Crippen LogP contribution in [-0.2, 0) is 22.4 Å². The first-order valence-electron chi connectivity index (χ1n) is 12.5. The largest absolute Gasteiger partial charge is 0.240 e. The van der Waals surface area contributed by atoms with Gasteiger partial charge in [-0.2, -0.15) is 4.99 Å². The number of unbranched alkanes of at least 4 members (excludes halogenated alkanes) is 9. The van der Waals surface area contributed by atoms with Crippen molar-refractivity contribution in [2.75, 3.05) is 0 Å². The number of aliphatic imine (C=N–C) groups is 2. The Morgan fingerprint density at radius 1 is 0.839 bits per heavy atom. The van der Waals surface area contributed by atoms with Crippen LogP contribution in [0.5, 0.6) is 0 Å². The van der Waals surface area contributed by atoms with Gasteiger partial charge in [-0.1, -0.05) is 76.8 Å². The molecule has 1 aliphatic carbocycles. The van der Waals surface area contributed by atoms with Gasteiger partial charge in [-0.3, -0.25) is 0 Å². The van der Waals surface area contributed by atoms with E-state index in [2.05, 4.69) is 35.1 Å². The monoisotopic (exact) mass is 424 g/mol. The molecule has 4 heteroatoms. The summed E-state index contributed by atoms with van der Waals surface area (Å²) in [5.74, 6) is 0.610. The molecule has 0 radical (unpaired) electrons. The number of benzene rings is 1. The fourth-order valence-electron chi connectivity index (χ4n) is 4.79. The Kier molecular flexibility index (Phi) is 12.8. The van der Waals surface area contributed by atoms with Gasteiger partial charge in [0, 0.05) is 0 Å². The molecular weight excluding hydrogens is 384 g/mol. The lowest BCUT2D eigenvalue weighted by atomic mass is 9.82. The number of aryl methyl sites for hydroxylation is 1. The summed E-state index contributed by atoms with van der Waals surface area (Å²) in [5, 5.41) is 0. The molecule has 0 aliphatic heterocycles. The molecule has 1 aliphatic rings. The Hall–Kier alpha value is -2.02. The Morgan fingerprint density at radius 3 is 2.10 bits per heavy atom. The minimum absolute atomic E-state index is 0.160. The maximum absolute atomic E-state index is 10.9. The van der Waals surface area contributed by atoms with Crippen molar-refractivity contribution in [2.24, 2.45) is 15.9 Å². The Labute approximate surface area is 188 Å². The van der Waals surface area contributed by atoms with Crippen LogP contribution in [0, 0.1) is 5.92 Å². The van der Waals surface area contributed by atoms with Crippen LogP contribution in [0.25, 0.3) is 0 Å². The molecule has 1 aromatic carbocycles. The molecule has 4 nitrogen and oxygen atoms in total. The van der Waals surface area contributed by atoms with E-state index >= 15 is 0 Å². The van der Waals surface area contributed by atoms with Crippen LogP contribution in [0.4, 0.5) is 5.69 Å². The van der Waals surface area contributed by atoms with Gasteiger partial charge in [-0.15, -0.1) is 0 Å². The molecule has 0 amide bonds. The van der Waals surface area contributed by atoms with E-state index in [4.69, 9.17) is 0 Å². The fraction of sp³-hybridized carbons (Fsp3) is 0.704. The van der Waals surface area contributed by atoms with E-state index < -0.39 is 0 Å². The first kappa shape index (κ1) is 25.2. The standard InChI is InChI=1S/C27H40N2O2/c1-2-3-4-5-6-7-8-9-10-11-12-25-16-13-24(20-27(25)29-22-31)19-23-14-17-26(18-15-23)28-21-30/h13,16,20,23,26H,2-12,14-15,17-19H2,1H3. The summed E-state index contributed by atoms with van der Waals surface area (Å²) in [5.41, 5.74) is 3.20. The van der Waals surface area contributed by atoms with E-state index in [0.717, 1.165) is 56.2 Å². The van der Waals surface area contributed by atoms with Crippen LogP contribution < -0.4 is 0 Å². The van der Waals surface area contributed by atoms with Crippen molar-refractivity contribution < 1.29 is 9.59 Å². The van der Waals surface area contributed by atoms with Gasteiger partial charge < -0.3 is 0 Å². The summed E-state index contributed by atoms with van der Waals surface area (Å²) in [6.45, 7) is 2.26. The minimum atomic E-state index is 0.160. The SMILES string of the molecule is CCCCCCCCCCCCc1ccc(CC2CCC(N=C=O)CC2)cc1N=C=O. The second-order valence-corrected chi connectivity index (χ2v) is 9.20. The molecule has 0 saturated heterocycles. The van der Waals surface area contributed by atoms with Crippen molar-refractivity contribution in [3.05, 3.63) is 29.3 Å². The van der Waals surface area contributed by atoms with E-state index in [9.17, 15) is 9.59 Å². The average molecular weight is 425 g/mol. The van der Waals surface area contributed by atoms with Gasteiger partial charge in [0.25, 0.3) is 0 Å². The third-order valence-electron chi connectivity index (χ3n) is 6.69. The third kappa shape index (κ3) is 10.2. The molecule has 31 heavy (non-hydrogen) atoms. The third-order valence-corrected chi connectivity index (χ3v) is 6.69. The second-order valence-electron chi connectivity index (χ2n) is 9.20. The molecule has 0 N–H and O–H groups in total. The van der Waals surface area contributed by atoms with Crippen molar-refractivity contribution in [3.8, 4) is 0 Å². The van der Waals surface area contributed by atoms with E-state index in [1.54, 1.807) is 12.2 Å². The van der Waals surface area contributed by atoms with Gasteiger partial charge in [0.2, 0.25) is 12.2 Å². The molecule has 2 rings (SSSR count). The highest BCUT2D eigenvalue weighted by Gasteiger charge is 2.21. The zero-order chi connectivity index (χ0) is 22.2. The number of carbonyl (C=O) groups excluding carboxylic acids is 2. The van der Waals surface area contributed by atoms with Gasteiger partial charge in [-0.25, -0.2) is 14.6 Å². The van der Waals surface area contributed by atoms with Crippen molar-refractivity contribution in [1.29, 1.82) is 0 Å². The summed E-state index contributed by atoms with van der Waals surface area (Å²) in [7, 11) is 0. The van der Waals surface area contributed by atoms with Crippen molar-refractivity contribution >= 4 is 17.8 Å². The van der Waals surface area contributed by atoms with Crippen LogP contribution in [0.1, 0.15) is 108 Å². The molecule has 0 bridgehead atoms. The zero-order valence-electron chi connectivity index (χ0n) is 19.4. The van der Waals surface area contributed by atoms with Crippen LogP contribution in [-0.4, -0.2) is 18.2 Å². The van der Waals surface area contributed by atoms with Crippen LogP contribution in [0.15, 0.2) is 28.2 Å². The summed E-state index contributed by atoms with van der Waals surface area (Å²) in [4.78, 5) is 29.2. The molecule has 0 aromatic heterocycles. The van der Waals surface area contributed by atoms with E-state index in [-0.39, 0.29) is 6.04 Å². The molecular formula is C27H40N2O2. The van der Waals surface area contributed by atoms with Crippen LogP contribution in [0.2, 0.25) is 0 Å². The maximum atomic E-state index is 10.9. The number of nitrogens with zero attached hydrogens (tertiary/aromatic N) is 2. The van der Waals surface area contributed by atoms with Crippen molar-refractivity contribution in [3.63, 3.8) is 0 Å². The van der Waals surface area contributed by atoms with E-state index in [1.165, 1.54) is 63.4 Å². The van der Waals surface area contributed by atoms with E-state index in [1.807, 2.05) is 0 Å². The highest BCUT2D eigenvalue weighted by Crippen LogP contribution is 2.31. The minimum Gasteiger partial charge on any atom is -0.211 e. The Bertz CT molecular complexity index is 725. The zero-order valence-corrected chi connectivity index (χ0v) is 19.4. The number of hydrogen-bond acceptors (Lipinski definition) is 4.